The summed E-state index contributed by atoms with van der Waals surface area (Å²) in [6, 6.07) is 21.5. The van der Waals surface area contributed by atoms with Crippen molar-refractivity contribution >= 4 is 55.3 Å². The Balaban J connectivity index is 0.605. The highest BCUT2D eigenvalue weighted by molar-refractivity contribution is 7.89. The van der Waals surface area contributed by atoms with E-state index >= 15 is 0 Å². The molecular formula is C66H92Cl2N12O12S2. The average Bonchev–Trinajstić information content (AvgIpc) is 1.61. The zero-order valence-electron chi connectivity index (χ0n) is 54.8. The molecule has 4 amide bonds. The van der Waals surface area contributed by atoms with E-state index in [0.29, 0.717) is 94.7 Å². The van der Waals surface area contributed by atoms with Gasteiger partial charge in [0, 0.05) is 74.5 Å². The van der Waals surface area contributed by atoms with Crippen molar-refractivity contribution in [1.82, 2.24) is 50.3 Å². The summed E-state index contributed by atoms with van der Waals surface area (Å²) >= 11 is 13.0. The third-order valence-electron chi connectivity index (χ3n) is 17.6. The lowest BCUT2D eigenvalue weighted by Crippen LogP contribution is -2.51. The Bertz CT molecular complexity index is 3300. The lowest BCUT2D eigenvalue weighted by atomic mass is 10.0. The van der Waals surface area contributed by atoms with Crippen molar-refractivity contribution in [1.29, 1.82) is 10.5 Å². The maximum Gasteiger partial charge on any atom is 0.314 e. The second kappa shape index (κ2) is 35.9. The first kappa shape index (κ1) is 73.9. The first-order valence-corrected chi connectivity index (χ1v) is 36.0. The number of amides is 4. The van der Waals surface area contributed by atoms with Crippen molar-refractivity contribution in [3.05, 3.63) is 115 Å². The normalized spacial score (nSPS) is 19.9. The van der Waals surface area contributed by atoms with Crippen LogP contribution in [0.2, 0.25) is 10.0 Å². The van der Waals surface area contributed by atoms with Crippen LogP contribution < -0.4 is 40.2 Å². The number of aryl methyl sites for hydroxylation is 2. The number of benzene rings is 4. The maximum atomic E-state index is 13.3. The lowest BCUT2D eigenvalue weighted by molar-refractivity contribution is 0.0377. The number of halogens is 2. The van der Waals surface area contributed by atoms with Gasteiger partial charge in [0.25, 0.3) is 0 Å². The fourth-order valence-electron chi connectivity index (χ4n) is 12.5. The molecule has 2 aliphatic heterocycles. The molecule has 4 aromatic rings. The first-order chi connectivity index (χ1) is 45.2. The molecule has 4 aliphatic rings. The molecule has 28 heteroatoms. The number of likely N-dealkylation sites (tertiary alicyclic amines) is 2. The number of rotatable bonds is 35. The van der Waals surface area contributed by atoms with Crippen LogP contribution in [0.3, 0.4) is 0 Å². The number of fused-ring (bicyclic) bond motifs is 2. The molecule has 4 aromatic carbocycles. The van der Waals surface area contributed by atoms with Crippen LogP contribution in [-0.4, -0.2) is 219 Å². The summed E-state index contributed by atoms with van der Waals surface area (Å²) in [6.45, 7) is 10.3. The number of sulfonamides is 2. The molecule has 2 fully saturated rings. The predicted octanol–water partition coefficient (Wildman–Crippen LogP) is 6.20. The standard InChI is InChI=1S/C66H92Cl2N12O12S2/c1-45-33-53(13-15-61(45)91-63-57-37-49(67)35-47(41-69)55(57)39-59(63)79-23-9-11-51(43-79)77(3)4)93(83,84)75-21-27-89-31-29-87-25-19-73-65(81)71-17-7-8-18-72-66(82)74-20-26-88-30-32-90-28-22-76-94(85,86)54-14-16-62(46(2)34-54)92-64-58-38-50(68)36-48(42-70)56(58)40-60(64)80-24-10-12-52(44-80)78(5)6/h13-16,33-38,51-52,59-60,63-64,75-76H,7-12,17-32,39-40,43-44H2,1-6H3,(H2,71,73,81)(H2,72,74,82)/t51-,52-,59+,60+,63+,64+/m1/s1. The van der Waals surface area contributed by atoms with Crippen LogP contribution in [0.15, 0.2) is 70.5 Å². The number of hydrogen-bond donors (Lipinski definition) is 6. The van der Waals surface area contributed by atoms with E-state index in [4.69, 9.17) is 51.6 Å². The highest BCUT2D eigenvalue weighted by Gasteiger charge is 2.43. The van der Waals surface area contributed by atoms with Gasteiger partial charge in [0.1, 0.15) is 23.7 Å². The van der Waals surface area contributed by atoms with Crippen molar-refractivity contribution < 1.29 is 54.8 Å². The quantitative estimate of drug-likeness (QED) is 0.0280. The summed E-state index contributed by atoms with van der Waals surface area (Å²) in [5.41, 5.74) is 6.04. The molecule has 6 N–H and O–H groups in total. The average molecular weight is 1380 g/mol. The van der Waals surface area contributed by atoms with Gasteiger partial charge in [0.15, 0.2) is 0 Å². The van der Waals surface area contributed by atoms with Crippen LogP contribution in [-0.2, 0) is 51.8 Å². The summed E-state index contributed by atoms with van der Waals surface area (Å²) in [5.74, 6) is 1.10. The Hall–Kier alpha value is -5.92. The van der Waals surface area contributed by atoms with Crippen molar-refractivity contribution in [3.8, 4) is 23.6 Å². The molecule has 0 bridgehead atoms. The van der Waals surface area contributed by atoms with Gasteiger partial charge in [-0.1, -0.05) is 23.2 Å². The molecule has 2 aliphatic carbocycles. The lowest BCUT2D eigenvalue weighted by Gasteiger charge is -2.41. The second-order valence-corrected chi connectivity index (χ2v) is 29.0. The smallest absolute Gasteiger partial charge is 0.314 e. The number of ether oxygens (including phenoxy) is 6. The van der Waals surface area contributed by atoms with Gasteiger partial charge in [-0.2, -0.15) is 10.5 Å². The van der Waals surface area contributed by atoms with Crippen LogP contribution in [0.4, 0.5) is 9.59 Å². The Kier molecular flexibility index (Phi) is 28.2. The second-order valence-electron chi connectivity index (χ2n) is 24.6. The zero-order chi connectivity index (χ0) is 67.4. The van der Waals surface area contributed by atoms with Crippen molar-refractivity contribution in [2.24, 2.45) is 0 Å². The number of carbonyl (C=O) groups excluding carboxylic acids is 2. The molecule has 6 atom stereocenters. The molecule has 0 aromatic heterocycles. The summed E-state index contributed by atoms with van der Waals surface area (Å²) in [4.78, 5) is 34.0. The maximum absolute atomic E-state index is 13.3. The minimum atomic E-state index is -3.86. The van der Waals surface area contributed by atoms with Gasteiger partial charge >= 0.3 is 12.1 Å². The molecule has 514 valence electrons. The van der Waals surface area contributed by atoms with Crippen molar-refractivity contribution in [3.63, 3.8) is 0 Å². The van der Waals surface area contributed by atoms with E-state index in [1.165, 1.54) is 12.1 Å². The summed E-state index contributed by atoms with van der Waals surface area (Å²) in [7, 11) is 0.669. The third kappa shape index (κ3) is 20.8. The van der Waals surface area contributed by atoms with Gasteiger partial charge in [0.2, 0.25) is 20.0 Å². The topological polar surface area (TPSA) is 291 Å². The number of likely N-dealkylation sites (N-methyl/N-ethyl adjacent to an activating group) is 2. The molecule has 24 nitrogen and oxygen atoms in total. The van der Waals surface area contributed by atoms with E-state index in [-0.39, 0.29) is 113 Å². The fraction of sp³-hybridized carbons (Fsp3) is 0.576. The predicted molar refractivity (Wildman–Crippen MR) is 359 cm³/mol. The highest BCUT2D eigenvalue weighted by Crippen LogP contribution is 2.45. The van der Waals surface area contributed by atoms with E-state index in [9.17, 15) is 36.9 Å². The number of hydrogen-bond acceptors (Lipinski definition) is 18. The van der Waals surface area contributed by atoms with Crippen LogP contribution in [0, 0.1) is 36.5 Å². The number of carbonyl (C=O) groups is 2. The van der Waals surface area contributed by atoms with E-state index < -0.39 is 32.3 Å². The number of unbranched alkanes of at least 4 members (excludes halogenated alkanes) is 1. The van der Waals surface area contributed by atoms with Crippen molar-refractivity contribution in [2.75, 3.05) is 146 Å². The molecule has 2 saturated heterocycles. The van der Waals surface area contributed by atoms with Gasteiger partial charge in [-0.3, -0.25) is 9.80 Å². The largest absolute Gasteiger partial charge is 0.484 e. The number of urea groups is 2. The molecule has 2 heterocycles. The minimum absolute atomic E-state index is 0.0241. The van der Waals surface area contributed by atoms with E-state index in [0.717, 1.165) is 74.1 Å². The minimum Gasteiger partial charge on any atom is -0.484 e. The highest BCUT2D eigenvalue weighted by atomic mass is 35.5. The fourth-order valence-corrected chi connectivity index (χ4v) is 15.2. The molecule has 0 unspecified atom stereocenters. The Morgan fingerprint density at radius 2 is 0.915 bits per heavy atom. The third-order valence-corrected chi connectivity index (χ3v) is 21.0. The monoisotopic (exact) mass is 1380 g/mol. The van der Waals surface area contributed by atoms with Crippen molar-refractivity contribution in [2.45, 2.75) is 111 Å². The van der Waals surface area contributed by atoms with Crippen LogP contribution in [0.25, 0.3) is 0 Å². The van der Waals surface area contributed by atoms with Gasteiger partial charge in [-0.15, -0.1) is 0 Å². The van der Waals surface area contributed by atoms with E-state index in [1.54, 1.807) is 36.4 Å². The summed E-state index contributed by atoms with van der Waals surface area (Å²) < 4.78 is 94.1. The number of nitrogens with one attached hydrogen (secondary N) is 6. The Morgan fingerprint density at radius 1 is 0.543 bits per heavy atom. The van der Waals surface area contributed by atoms with Crippen LogP contribution in [0.1, 0.15) is 95.2 Å². The molecular weight excluding hydrogens is 1290 g/mol. The van der Waals surface area contributed by atoms with Gasteiger partial charge < -0.3 is 59.5 Å². The molecule has 0 saturated carbocycles. The number of nitrogens with zero attached hydrogens (tertiary/aromatic N) is 6. The van der Waals surface area contributed by atoms with E-state index in [2.05, 4.69) is 90.6 Å². The van der Waals surface area contributed by atoms with Gasteiger partial charge in [0.05, 0.1) is 98.0 Å². The Morgan fingerprint density at radius 3 is 1.28 bits per heavy atom. The van der Waals surface area contributed by atoms with Gasteiger partial charge in [-0.25, -0.2) is 35.9 Å². The summed E-state index contributed by atoms with van der Waals surface area (Å²) in [5, 5.41) is 31.9. The number of piperidine rings is 2. The van der Waals surface area contributed by atoms with Crippen LogP contribution in [0.5, 0.6) is 11.5 Å². The molecule has 0 spiro atoms. The van der Waals surface area contributed by atoms with Crippen LogP contribution >= 0.6 is 23.2 Å². The first-order valence-electron chi connectivity index (χ1n) is 32.3. The number of nitriles is 2. The SMILES string of the molecule is Cc1cc(S(=O)(=O)NCCOCCOCCNC(=O)NCCCCNC(=O)NCCOCCOCCNS(=O)(=O)c2ccc(O[C@H]3c4cc(Cl)cc(C#N)c4C[C@@H]3N3CCC[C@@H](N(C)C)C3)c(C)c2)ccc1O[C@H]1c2cc(Cl)cc(C#N)c2C[C@@H]1N1CCC[C@@H](N(C)C)C1. The molecule has 94 heavy (non-hydrogen) atoms. The Labute approximate surface area is 564 Å². The molecule has 0 radical (unpaired) electrons. The molecule has 8 rings (SSSR count). The zero-order valence-corrected chi connectivity index (χ0v) is 57.9. The van der Waals surface area contributed by atoms with E-state index in [1.807, 2.05) is 26.0 Å². The summed E-state index contributed by atoms with van der Waals surface area (Å²) in [6.07, 6.45) is 6.08. The van der Waals surface area contributed by atoms with Gasteiger partial charge in [-0.05, 0) is 201 Å².